The lowest BCUT2D eigenvalue weighted by atomic mass is 10.2. The van der Waals surface area contributed by atoms with E-state index in [0.717, 1.165) is 16.7 Å². The van der Waals surface area contributed by atoms with E-state index in [1.807, 2.05) is 42.3 Å². The van der Waals surface area contributed by atoms with Gasteiger partial charge in [0.1, 0.15) is 24.2 Å². The summed E-state index contributed by atoms with van der Waals surface area (Å²) < 4.78 is 0. The predicted octanol–water partition coefficient (Wildman–Crippen LogP) is 8.94. The van der Waals surface area contributed by atoms with Gasteiger partial charge < -0.3 is 14.7 Å². The fourth-order valence-corrected chi connectivity index (χ4v) is 4.87. The zero-order valence-corrected chi connectivity index (χ0v) is 33.8. The van der Waals surface area contributed by atoms with Crippen molar-refractivity contribution in [3.63, 3.8) is 0 Å². The van der Waals surface area contributed by atoms with E-state index in [-0.39, 0.29) is 0 Å². The van der Waals surface area contributed by atoms with Crippen LogP contribution in [-0.4, -0.2) is 66.5 Å². The number of benzene rings is 3. The minimum Gasteiger partial charge on any atom is -0.378 e. The largest absolute Gasteiger partial charge is 0.378 e. The van der Waals surface area contributed by atoms with E-state index in [9.17, 15) is 0 Å². The summed E-state index contributed by atoms with van der Waals surface area (Å²) in [5.74, 6) is 9.73. The van der Waals surface area contributed by atoms with Gasteiger partial charge in [0, 0.05) is 76.0 Å². The first kappa shape index (κ1) is 39.4. The van der Waals surface area contributed by atoms with Crippen LogP contribution >= 0.6 is 0 Å². The average Bonchev–Trinajstić information content (AvgIpc) is 2.94. The molecule has 6 heteroatoms. The Bertz CT molecular complexity index is 1310. The molecule has 0 unspecified atom stereocenters. The molecule has 0 spiro atoms. The third-order valence-corrected chi connectivity index (χ3v) is 8.52. The van der Waals surface area contributed by atoms with Gasteiger partial charge in [-0.05, 0) is 72.8 Å². The molecule has 0 amide bonds. The molecule has 0 heterocycles. The SMILES string of the molecule is CN(C)c1ccc(C#C[Si](C)(C)C)cc1.CN(C)c1ccc(C#C[Si](C)(C)C)cc1.CN(C)c1ccc(C#C[Si](C)(C)C)cc1. The summed E-state index contributed by atoms with van der Waals surface area (Å²) in [6, 6.07) is 25.1. The molecule has 240 valence electrons. The van der Waals surface area contributed by atoms with Crippen LogP contribution in [0.15, 0.2) is 72.8 Å². The van der Waals surface area contributed by atoms with Crippen molar-refractivity contribution in [3.8, 4) is 34.4 Å². The molecule has 0 bridgehead atoms. The Hall–Kier alpha value is -3.61. The summed E-state index contributed by atoms with van der Waals surface area (Å²) >= 11 is 0. The van der Waals surface area contributed by atoms with Gasteiger partial charge in [0.2, 0.25) is 0 Å². The molecular weight excluding hydrogens is 595 g/mol. The van der Waals surface area contributed by atoms with E-state index in [2.05, 4.69) is 181 Å². The molecule has 3 rings (SSSR count). The Labute approximate surface area is 280 Å². The predicted molar refractivity (Wildman–Crippen MR) is 213 cm³/mol. The standard InChI is InChI=1S/3C13H19NSi/c3*1-14(2)13-8-6-12(7-9-13)10-11-15(3,4)5/h3*6-9H,1-5H3. The van der Waals surface area contributed by atoms with Gasteiger partial charge >= 0.3 is 0 Å². The summed E-state index contributed by atoms with van der Waals surface area (Å²) in [5.41, 5.74) is 17.1. The van der Waals surface area contributed by atoms with Crippen LogP contribution in [0.5, 0.6) is 0 Å². The second kappa shape index (κ2) is 17.8. The molecule has 45 heavy (non-hydrogen) atoms. The number of hydrogen-bond acceptors (Lipinski definition) is 3. The Morgan fingerprint density at radius 1 is 0.333 bits per heavy atom. The fraction of sp³-hybridized carbons (Fsp3) is 0.385. The number of anilines is 3. The van der Waals surface area contributed by atoms with Crippen molar-refractivity contribution in [1.82, 2.24) is 0 Å². The Kier molecular flexibility index (Phi) is 15.6. The lowest BCUT2D eigenvalue weighted by Gasteiger charge is -2.11. The van der Waals surface area contributed by atoms with Crippen molar-refractivity contribution >= 4 is 41.3 Å². The van der Waals surface area contributed by atoms with Crippen molar-refractivity contribution in [2.24, 2.45) is 0 Å². The molecule has 0 aliphatic heterocycles. The highest BCUT2D eigenvalue weighted by molar-refractivity contribution is 6.84. The minimum absolute atomic E-state index is 1.11. The highest BCUT2D eigenvalue weighted by Gasteiger charge is 2.08. The molecule has 0 fully saturated rings. The Balaban J connectivity index is 0.000000337. The minimum atomic E-state index is -1.25. The lowest BCUT2D eigenvalue weighted by Crippen LogP contribution is -2.16. The smallest absolute Gasteiger partial charge is 0.129 e. The van der Waals surface area contributed by atoms with Crippen LogP contribution < -0.4 is 14.7 Å². The second-order valence-electron chi connectivity index (χ2n) is 14.8. The maximum atomic E-state index is 3.36. The Morgan fingerprint density at radius 3 is 0.644 bits per heavy atom. The molecule has 0 radical (unpaired) electrons. The molecule has 0 N–H and O–H groups in total. The first-order valence-corrected chi connectivity index (χ1v) is 26.1. The average molecular weight is 652 g/mol. The Morgan fingerprint density at radius 2 is 0.511 bits per heavy atom. The molecule has 0 aliphatic carbocycles. The first-order valence-electron chi connectivity index (χ1n) is 15.6. The van der Waals surface area contributed by atoms with Gasteiger partial charge in [0.05, 0.1) is 0 Å². The maximum absolute atomic E-state index is 3.36. The normalized spacial score (nSPS) is 10.5. The van der Waals surface area contributed by atoms with Crippen LogP contribution in [0.25, 0.3) is 0 Å². The molecular formula is C39H57N3Si3. The van der Waals surface area contributed by atoms with Gasteiger partial charge in [0.25, 0.3) is 0 Å². The van der Waals surface area contributed by atoms with Crippen molar-refractivity contribution in [1.29, 1.82) is 0 Å². The van der Waals surface area contributed by atoms with E-state index >= 15 is 0 Å². The van der Waals surface area contributed by atoms with E-state index in [0.29, 0.717) is 0 Å². The van der Waals surface area contributed by atoms with E-state index in [1.165, 1.54) is 17.1 Å². The fourth-order valence-electron chi connectivity index (χ4n) is 3.31. The molecule has 3 aromatic carbocycles. The number of hydrogen-bond donors (Lipinski definition) is 0. The van der Waals surface area contributed by atoms with Crippen LogP contribution in [-0.2, 0) is 0 Å². The second-order valence-corrected chi connectivity index (χ2v) is 29.1. The summed E-state index contributed by atoms with van der Waals surface area (Å²) in [7, 11) is 8.53. The van der Waals surface area contributed by atoms with Gasteiger partial charge in [-0.25, -0.2) is 0 Å². The zero-order valence-electron chi connectivity index (χ0n) is 30.8. The summed E-state index contributed by atoms with van der Waals surface area (Å²) in [5, 5.41) is 0. The third kappa shape index (κ3) is 18.7. The zero-order chi connectivity index (χ0) is 34.4. The monoisotopic (exact) mass is 651 g/mol. The van der Waals surface area contributed by atoms with Crippen LogP contribution in [0.3, 0.4) is 0 Å². The van der Waals surface area contributed by atoms with Crippen LogP contribution in [0.2, 0.25) is 58.9 Å². The molecule has 0 saturated carbocycles. The topological polar surface area (TPSA) is 9.72 Å². The van der Waals surface area contributed by atoms with E-state index in [4.69, 9.17) is 0 Å². The summed E-state index contributed by atoms with van der Waals surface area (Å²) in [4.78, 5) is 6.28. The molecule has 0 saturated heterocycles. The van der Waals surface area contributed by atoms with Crippen molar-refractivity contribution < 1.29 is 0 Å². The van der Waals surface area contributed by atoms with Crippen LogP contribution in [0, 0.1) is 34.4 Å². The van der Waals surface area contributed by atoms with Gasteiger partial charge in [-0.2, -0.15) is 0 Å². The summed E-state index contributed by atoms with van der Waals surface area (Å²) in [6.45, 7) is 20.3. The number of nitrogens with zero attached hydrogens (tertiary/aromatic N) is 3. The van der Waals surface area contributed by atoms with Gasteiger partial charge in [-0.3, -0.25) is 0 Å². The van der Waals surface area contributed by atoms with Crippen molar-refractivity contribution in [2.75, 3.05) is 57.0 Å². The van der Waals surface area contributed by atoms with E-state index < -0.39 is 24.2 Å². The van der Waals surface area contributed by atoms with Gasteiger partial charge in [-0.1, -0.05) is 76.7 Å². The lowest BCUT2D eigenvalue weighted by molar-refractivity contribution is 1.13. The van der Waals surface area contributed by atoms with Gasteiger partial charge in [0.15, 0.2) is 0 Å². The highest BCUT2D eigenvalue weighted by atomic mass is 28.3. The third-order valence-electron chi connectivity index (χ3n) is 5.90. The summed E-state index contributed by atoms with van der Waals surface area (Å²) in [6.07, 6.45) is 0. The molecule has 0 aromatic heterocycles. The highest BCUT2D eigenvalue weighted by Crippen LogP contribution is 2.13. The maximum Gasteiger partial charge on any atom is 0.129 e. The first-order chi connectivity index (χ1) is 20.6. The quantitative estimate of drug-likeness (QED) is 0.207. The van der Waals surface area contributed by atoms with Crippen LogP contribution in [0.4, 0.5) is 17.1 Å². The number of rotatable bonds is 3. The van der Waals surface area contributed by atoms with Gasteiger partial charge in [-0.15, -0.1) is 16.6 Å². The molecule has 0 aliphatic rings. The van der Waals surface area contributed by atoms with Crippen molar-refractivity contribution in [3.05, 3.63) is 89.5 Å². The van der Waals surface area contributed by atoms with Crippen LogP contribution in [0.1, 0.15) is 16.7 Å². The molecule has 0 atom stereocenters. The molecule has 3 aromatic rings. The van der Waals surface area contributed by atoms with Crippen molar-refractivity contribution in [2.45, 2.75) is 58.9 Å². The molecule has 3 nitrogen and oxygen atoms in total. The van der Waals surface area contributed by atoms with E-state index in [1.54, 1.807) is 0 Å².